The van der Waals surface area contributed by atoms with Crippen molar-refractivity contribution >= 4 is 34.3 Å². The van der Waals surface area contributed by atoms with Gasteiger partial charge in [-0.05, 0) is 49.4 Å². The lowest BCUT2D eigenvalue weighted by Crippen LogP contribution is -2.64. The van der Waals surface area contributed by atoms with Gasteiger partial charge >= 0.3 is 0 Å². The lowest BCUT2D eigenvalue weighted by molar-refractivity contribution is -0.132. The predicted octanol–water partition coefficient (Wildman–Crippen LogP) is 4.91. The third-order valence-corrected chi connectivity index (χ3v) is 6.76. The lowest BCUT2D eigenvalue weighted by atomic mass is 9.93. The first kappa shape index (κ1) is 22.4. The summed E-state index contributed by atoms with van der Waals surface area (Å²) >= 11 is 6.36. The van der Waals surface area contributed by atoms with E-state index in [9.17, 15) is 9.59 Å². The monoisotopic (exact) mass is 451 g/mol. The number of rotatable bonds is 7. The molecule has 4 rings (SSSR count). The van der Waals surface area contributed by atoms with Gasteiger partial charge in [-0.1, -0.05) is 61.8 Å². The fourth-order valence-corrected chi connectivity index (χ4v) is 4.68. The van der Waals surface area contributed by atoms with Gasteiger partial charge in [0, 0.05) is 29.0 Å². The Kier molecular flexibility index (Phi) is 6.29. The second-order valence-electron chi connectivity index (χ2n) is 9.19. The number of fused-ring (bicyclic) bond motifs is 3. The molecule has 0 radical (unpaired) electrons. The van der Waals surface area contributed by atoms with Gasteiger partial charge < -0.3 is 14.8 Å². The number of carbonyl (C=O) groups excluding carboxylic acids is 2. The Morgan fingerprint density at radius 1 is 1.16 bits per heavy atom. The maximum Gasteiger partial charge on any atom is 0.271 e. The van der Waals surface area contributed by atoms with Crippen molar-refractivity contribution in [2.24, 2.45) is 5.92 Å². The molecule has 2 heterocycles. The molecule has 6 heteroatoms. The summed E-state index contributed by atoms with van der Waals surface area (Å²) in [6, 6.07) is 17.5. The van der Waals surface area contributed by atoms with E-state index in [0.29, 0.717) is 42.7 Å². The Morgan fingerprint density at radius 2 is 1.88 bits per heavy atom. The van der Waals surface area contributed by atoms with Gasteiger partial charge in [0.05, 0.1) is 6.54 Å². The van der Waals surface area contributed by atoms with E-state index in [0.717, 1.165) is 22.9 Å². The fraction of sp³-hybridized carbons (Fsp3) is 0.385. The van der Waals surface area contributed by atoms with E-state index in [4.69, 9.17) is 11.6 Å². The molecule has 168 valence electrons. The van der Waals surface area contributed by atoms with Crippen LogP contribution in [0.1, 0.15) is 43.2 Å². The van der Waals surface area contributed by atoms with Gasteiger partial charge in [0.15, 0.2) is 0 Å². The van der Waals surface area contributed by atoms with Crippen molar-refractivity contribution in [1.82, 2.24) is 14.8 Å². The summed E-state index contributed by atoms with van der Waals surface area (Å²) in [5, 5.41) is 4.76. The Balaban J connectivity index is 1.69. The number of amides is 2. The topological polar surface area (TPSA) is 54.3 Å². The number of carbonyl (C=O) groups is 2. The van der Waals surface area contributed by atoms with Crippen LogP contribution in [0, 0.1) is 5.92 Å². The molecule has 0 spiro atoms. The average Bonchev–Trinajstić information content (AvgIpc) is 3.13. The van der Waals surface area contributed by atoms with E-state index in [2.05, 4.69) is 19.2 Å². The quantitative estimate of drug-likeness (QED) is 0.554. The molecule has 5 nitrogen and oxygen atoms in total. The molecule has 0 fully saturated rings. The SMILES string of the molecule is CC(C)CCNC(=O)[C@]1(C)Cn2c(cc3ccccc32)C(=O)N1CCc1ccccc1Cl. The Morgan fingerprint density at radius 3 is 2.62 bits per heavy atom. The molecule has 0 saturated carbocycles. The molecule has 2 amide bonds. The van der Waals surface area contributed by atoms with Gasteiger partial charge in [0.25, 0.3) is 5.91 Å². The second-order valence-corrected chi connectivity index (χ2v) is 9.59. The highest BCUT2D eigenvalue weighted by molar-refractivity contribution is 6.31. The van der Waals surface area contributed by atoms with Gasteiger partial charge in [-0.2, -0.15) is 0 Å². The Hall–Kier alpha value is -2.79. The van der Waals surface area contributed by atoms with E-state index in [1.807, 2.05) is 66.1 Å². The maximum absolute atomic E-state index is 13.7. The minimum atomic E-state index is -0.996. The maximum atomic E-state index is 13.7. The summed E-state index contributed by atoms with van der Waals surface area (Å²) in [4.78, 5) is 28.9. The van der Waals surface area contributed by atoms with Crippen LogP contribution >= 0.6 is 11.6 Å². The predicted molar refractivity (Wildman–Crippen MR) is 129 cm³/mol. The fourth-order valence-electron chi connectivity index (χ4n) is 4.45. The van der Waals surface area contributed by atoms with Crippen LogP contribution in [0.15, 0.2) is 54.6 Å². The van der Waals surface area contributed by atoms with Gasteiger partial charge in [-0.15, -0.1) is 0 Å². The molecule has 0 saturated heterocycles. The van der Waals surface area contributed by atoms with Crippen molar-refractivity contribution < 1.29 is 9.59 Å². The summed E-state index contributed by atoms with van der Waals surface area (Å²) in [6.45, 7) is 7.56. The molecule has 1 N–H and O–H groups in total. The van der Waals surface area contributed by atoms with E-state index in [1.165, 1.54) is 0 Å². The minimum Gasteiger partial charge on any atom is -0.354 e. The van der Waals surface area contributed by atoms with Gasteiger partial charge in [-0.3, -0.25) is 9.59 Å². The van der Waals surface area contributed by atoms with Crippen LogP contribution in [-0.2, 0) is 17.8 Å². The van der Waals surface area contributed by atoms with E-state index < -0.39 is 5.54 Å². The summed E-state index contributed by atoms with van der Waals surface area (Å²) in [7, 11) is 0. The van der Waals surface area contributed by atoms with Crippen molar-refractivity contribution in [1.29, 1.82) is 0 Å². The number of benzene rings is 2. The third-order valence-electron chi connectivity index (χ3n) is 6.40. The first-order chi connectivity index (χ1) is 15.3. The summed E-state index contributed by atoms with van der Waals surface area (Å²) < 4.78 is 1.99. The summed E-state index contributed by atoms with van der Waals surface area (Å²) in [5.74, 6) is 0.252. The molecule has 32 heavy (non-hydrogen) atoms. The van der Waals surface area contributed by atoms with Gasteiger partial charge in [0.1, 0.15) is 11.2 Å². The largest absolute Gasteiger partial charge is 0.354 e. The molecule has 1 aliphatic rings. The zero-order valence-electron chi connectivity index (χ0n) is 18.9. The molecule has 1 atom stereocenters. The summed E-state index contributed by atoms with van der Waals surface area (Å²) in [6.07, 6.45) is 1.48. The van der Waals surface area contributed by atoms with Crippen LogP contribution in [0.25, 0.3) is 10.9 Å². The van der Waals surface area contributed by atoms with Crippen LogP contribution < -0.4 is 5.32 Å². The average molecular weight is 452 g/mol. The first-order valence-corrected chi connectivity index (χ1v) is 11.6. The molecule has 0 bridgehead atoms. The zero-order chi connectivity index (χ0) is 22.9. The standard InChI is InChI=1S/C26H30ClN3O2/c1-18(2)12-14-28-25(32)26(3)17-29-22-11-7-5-9-20(22)16-23(29)24(31)30(26)15-13-19-8-4-6-10-21(19)27/h4-11,16,18H,12-15,17H2,1-3H3,(H,28,32)/t26-/m0/s1. The normalized spacial score (nSPS) is 18.3. The molecule has 0 aliphatic carbocycles. The van der Waals surface area contributed by atoms with Crippen molar-refractivity contribution in [2.45, 2.75) is 45.7 Å². The molecule has 1 aromatic heterocycles. The molecular formula is C26H30ClN3O2. The Labute approximate surface area is 194 Å². The number of hydrogen-bond acceptors (Lipinski definition) is 2. The molecule has 3 aromatic rings. The van der Waals surface area contributed by atoms with Crippen molar-refractivity contribution in [2.75, 3.05) is 13.1 Å². The number of nitrogens with zero attached hydrogens (tertiary/aromatic N) is 2. The zero-order valence-corrected chi connectivity index (χ0v) is 19.7. The highest BCUT2D eigenvalue weighted by Crippen LogP contribution is 2.32. The van der Waals surface area contributed by atoms with Crippen molar-refractivity contribution in [3.63, 3.8) is 0 Å². The van der Waals surface area contributed by atoms with Crippen LogP contribution in [0.3, 0.4) is 0 Å². The lowest BCUT2D eigenvalue weighted by Gasteiger charge is -2.44. The van der Waals surface area contributed by atoms with E-state index in [-0.39, 0.29) is 11.8 Å². The van der Waals surface area contributed by atoms with Gasteiger partial charge in [-0.25, -0.2) is 0 Å². The summed E-state index contributed by atoms with van der Waals surface area (Å²) in [5.41, 5.74) is 1.57. The highest BCUT2D eigenvalue weighted by Gasteiger charge is 2.47. The van der Waals surface area contributed by atoms with E-state index >= 15 is 0 Å². The number of aromatic nitrogens is 1. The highest BCUT2D eigenvalue weighted by atomic mass is 35.5. The molecular weight excluding hydrogens is 422 g/mol. The number of halogens is 1. The first-order valence-electron chi connectivity index (χ1n) is 11.2. The van der Waals surface area contributed by atoms with Crippen LogP contribution in [0.2, 0.25) is 5.02 Å². The van der Waals surface area contributed by atoms with Crippen molar-refractivity contribution in [3.8, 4) is 0 Å². The number of hydrogen-bond donors (Lipinski definition) is 1. The second kappa shape index (κ2) is 8.99. The van der Waals surface area contributed by atoms with E-state index in [1.54, 1.807) is 4.90 Å². The minimum absolute atomic E-state index is 0.117. The number of nitrogens with one attached hydrogen (secondary N) is 1. The van der Waals surface area contributed by atoms with Crippen LogP contribution in [0.4, 0.5) is 0 Å². The Bertz CT molecular complexity index is 1150. The molecule has 0 unspecified atom stereocenters. The molecule has 1 aliphatic heterocycles. The van der Waals surface area contributed by atoms with Crippen molar-refractivity contribution in [3.05, 3.63) is 70.9 Å². The van der Waals surface area contributed by atoms with Crippen LogP contribution in [-0.4, -0.2) is 39.9 Å². The van der Waals surface area contributed by atoms with Crippen LogP contribution in [0.5, 0.6) is 0 Å². The van der Waals surface area contributed by atoms with Gasteiger partial charge in [0.2, 0.25) is 5.91 Å². The smallest absolute Gasteiger partial charge is 0.271 e. The number of para-hydroxylation sites is 1. The third kappa shape index (κ3) is 4.14. The molecule has 2 aromatic carbocycles.